The minimum Gasteiger partial charge on any atom is -0.465 e. The van der Waals surface area contributed by atoms with Crippen molar-refractivity contribution in [3.8, 4) is 0 Å². The van der Waals surface area contributed by atoms with Crippen LogP contribution in [0.15, 0.2) is 53.5 Å². The molecule has 0 aliphatic carbocycles. The molecule has 2 aromatic rings. The standard InChI is InChI=1S/C24H27N3O3/c1-3-16-9-11-18(12-10-16)21-20(23(29)30-4-2)22(28)26-24(25-21)27-14-13-17-7-5-6-8-19(17)15-27/h5-12,20-21H,3-4,13-15H2,1-2H3,(H,25,26,28). The van der Waals surface area contributed by atoms with Gasteiger partial charge in [-0.05, 0) is 42.0 Å². The number of aryl methyl sites for hydroxylation is 1. The third-order valence-electron chi connectivity index (χ3n) is 5.79. The second-order valence-electron chi connectivity index (χ2n) is 7.65. The molecule has 2 aromatic carbocycles. The van der Waals surface area contributed by atoms with Crippen molar-refractivity contribution >= 4 is 17.8 Å². The third-order valence-corrected chi connectivity index (χ3v) is 5.79. The number of nitrogens with zero attached hydrogens (tertiary/aromatic N) is 2. The summed E-state index contributed by atoms with van der Waals surface area (Å²) in [6, 6.07) is 15.7. The maximum atomic E-state index is 13.0. The van der Waals surface area contributed by atoms with Crippen molar-refractivity contribution in [3.63, 3.8) is 0 Å². The van der Waals surface area contributed by atoms with Gasteiger partial charge in [0.25, 0.3) is 0 Å². The van der Waals surface area contributed by atoms with Crippen LogP contribution < -0.4 is 5.32 Å². The molecule has 4 rings (SSSR count). The zero-order valence-corrected chi connectivity index (χ0v) is 17.4. The number of aliphatic imine (C=N–C) groups is 1. The number of hydrogen-bond acceptors (Lipinski definition) is 5. The SMILES string of the molecule is CCOC(=O)C1C(=O)NC(N2CCc3ccccc3C2)=NC1c1ccc(CC)cc1. The lowest BCUT2D eigenvalue weighted by molar-refractivity contribution is -0.153. The highest BCUT2D eigenvalue weighted by molar-refractivity contribution is 6.08. The molecule has 6 nitrogen and oxygen atoms in total. The normalized spacial score (nSPS) is 20.8. The molecule has 156 valence electrons. The number of nitrogens with one attached hydrogen (secondary N) is 1. The average Bonchev–Trinajstić information content (AvgIpc) is 2.78. The van der Waals surface area contributed by atoms with Gasteiger partial charge >= 0.3 is 5.97 Å². The van der Waals surface area contributed by atoms with Gasteiger partial charge in [0.2, 0.25) is 11.9 Å². The Labute approximate surface area is 176 Å². The van der Waals surface area contributed by atoms with E-state index in [1.807, 2.05) is 36.4 Å². The topological polar surface area (TPSA) is 71.0 Å². The van der Waals surface area contributed by atoms with Crippen molar-refractivity contribution < 1.29 is 14.3 Å². The summed E-state index contributed by atoms with van der Waals surface area (Å²) in [6.07, 6.45) is 1.82. The zero-order chi connectivity index (χ0) is 21.1. The van der Waals surface area contributed by atoms with E-state index in [1.54, 1.807) is 6.92 Å². The van der Waals surface area contributed by atoms with Crippen LogP contribution in [0.4, 0.5) is 0 Å². The first kappa shape index (κ1) is 20.1. The summed E-state index contributed by atoms with van der Waals surface area (Å²) in [5.41, 5.74) is 4.60. The van der Waals surface area contributed by atoms with Gasteiger partial charge in [-0.1, -0.05) is 55.5 Å². The number of esters is 1. The number of carbonyl (C=O) groups excluding carboxylic acids is 2. The van der Waals surface area contributed by atoms with Gasteiger partial charge in [-0.25, -0.2) is 4.99 Å². The number of hydrogen-bond donors (Lipinski definition) is 1. The van der Waals surface area contributed by atoms with E-state index in [0.717, 1.165) is 24.9 Å². The van der Waals surface area contributed by atoms with Gasteiger partial charge in [-0.3, -0.25) is 14.9 Å². The molecular formula is C24H27N3O3. The predicted molar refractivity (Wildman–Crippen MR) is 115 cm³/mol. The van der Waals surface area contributed by atoms with E-state index < -0.39 is 17.9 Å². The molecule has 0 spiro atoms. The maximum Gasteiger partial charge on any atom is 0.321 e. The fourth-order valence-electron chi connectivity index (χ4n) is 4.09. The van der Waals surface area contributed by atoms with Crippen molar-refractivity contribution in [2.45, 2.75) is 39.3 Å². The molecule has 2 unspecified atom stereocenters. The number of ether oxygens (including phenoxy) is 1. The Kier molecular flexibility index (Phi) is 5.84. The van der Waals surface area contributed by atoms with Crippen molar-refractivity contribution in [1.29, 1.82) is 0 Å². The lowest BCUT2D eigenvalue weighted by atomic mass is 9.90. The highest BCUT2D eigenvalue weighted by Crippen LogP contribution is 2.32. The Morgan fingerprint density at radius 1 is 1.13 bits per heavy atom. The molecule has 30 heavy (non-hydrogen) atoms. The first-order valence-electron chi connectivity index (χ1n) is 10.6. The predicted octanol–water partition coefficient (Wildman–Crippen LogP) is 3.01. The second-order valence-corrected chi connectivity index (χ2v) is 7.65. The summed E-state index contributed by atoms with van der Waals surface area (Å²) in [4.78, 5) is 32.5. The molecule has 2 heterocycles. The van der Waals surface area contributed by atoms with Crippen LogP contribution in [0.1, 0.15) is 42.1 Å². The summed E-state index contributed by atoms with van der Waals surface area (Å²) < 4.78 is 5.19. The van der Waals surface area contributed by atoms with Gasteiger partial charge < -0.3 is 9.64 Å². The fraction of sp³-hybridized carbons (Fsp3) is 0.375. The highest BCUT2D eigenvalue weighted by atomic mass is 16.5. The van der Waals surface area contributed by atoms with Crippen LogP contribution in [0.25, 0.3) is 0 Å². The fourth-order valence-corrected chi connectivity index (χ4v) is 4.09. The Morgan fingerprint density at radius 2 is 1.87 bits per heavy atom. The zero-order valence-electron chi connectivity index (χ0n) is 17.4. The van der Waals surface area contributed by atoms with Gasteiger partial charge in [0.05, 0.1) is 6.61 Å². The first-order valence-corrected chi connectivity index (χ1v) is 10.6. The number of amides is 1. The quantitative estimate of drug-likeness (QED) is 0.627. The van der Waals surface area contributed by atoms with Crippen molar-refractivity contribution in [2.75, 3.05) is 13.2 Å². The smallest absolute Gasteiger partial charge is 0.321 e. The van der Waals surface area contributed by atoms with Crippen LogP contribution in [-0.2, 0) is 33.7 Å². The molecule has 0 aromatic heterocycles. The molecule has 6 heteroatoms. The summed E-state index contributed by atoms with van der Waals surface area (Å²) in [5.74, 6) is -1.36. The van der Waals surface area contributed by atoms with Gasteiger partial charge in [0.1, 0.15) is 6.04 Å². The van der Waals surface area contributed by atoms with Crippen LogP contribution in [0.5, 0.6) is 0 Å². The average molecular weight is 405 g/mol. The van der Waals surface area contributed by atoms with Gasteiger partial charge in [0, 0.05) is 13.1 Å². The highest BCUT2D eigenvalue weighted by Gasteiger charge is 2.42. The summed E-state index contributed by atoms with van der Waals surface area (Å²) in [5, 5.41) is 2.86. The van der Waals surface area contributed by atoms with E-state index in [-0.39, 0.29) is 12.5 Å². The molecule has 2 aliphatic heterocycles. The van der Waals surface area contributed by atoms with Gasteiger partial charge in [-0.2, -0.15) is 0 Å². The molecule has 2 atom stereocenters. The van der Waals surface area contributed by atoms with E-state index in [2.05, 4.69) is 29.3 Å². The van der Waals surface area contributed by atoms with Crippen LogP contribution in [0.2, 0.25) is 0 Å². The summed E-state index contributed by atoms with van der Waals surface area (Å²) >= 11 is 0. The van der Waals surface area contributed by atoms with E-state index in [0.29, 0.717) is 12.5 Å². The Bertz CT molecular complexity index is 968. The van der Waals surface area contributed by atoms with Crippen molar-refractivity contribution in [1.82, 2.24) is 10.2 Å². The largest absolute Gasteiger partial charge is 0.465 e. The summed E-state index contributed by atoms with van der Waals surface area (Å²) in [6.45, 7) is 5.50. The number of rotatable bonds is 4. The van der Waals surface area contributed by atoms with Gasteiger partial charge in [0.15, 0.2) is 5.92 Å². The number of carbonyl (C=O) groups is 2. The first-order chi connectivity index (χ1) is 14.6. The maximum absolute atomic E-state index is 13.0. The number of benzene rings is 2. The molecule has 0 radical (unpaired) electrons. The lowest BCUT2D eigenvalue weighted by Gasteiger charge is -2.36. The van der Waals surface area contributed by atoms with E-state index in [9.17, 15) is 9.59 Å². The molecule has 0 saturated carbocycles. The molecule has 0 fully saturated rings. The third kappa shape index (κ3) is 3.95. The van der Waals surface area contributed by atoms with E-state index in [4.69, 9.17) is 9.73 Å². The minimum atomic E-state index is -0.988. The molecule has 2 aliphatic rings. The number of guanidine groups is 1. The van der Waals surface area contributed by atoms with Crippen LogP contribution in [0.3, 0.4) is 0 Å². The van der Waals surface area contributed by atoms with E-state index >= 15 is 0 Å². The van der Waals surface area contributed by atoms with Crippen LogP contribution >= 0.6 is 0 Å². The second kappa shape index (κ2) is 8.69. The molecular weight excluding hydrogens is 378 g/mol. The molecule has 0 saturated heterocycles. The summed E-state index contributed by atoms with van der Waals surface area (Å²) in [7, 11) is 0. The molecule has 0 bridgehead atoms. The number of fused-ring (bicyclic) bond motifs is 1. The minimum absolute atomic E-state index is 0.226. The van der Waals surface area contributed by atoms with E-state index in [1.165, 1.54) is 16.7 Å². The van der Waals surface area contributed by atoms with Crippen molar-refractivity contribution in [2.24, 2.45) is 10.9 Å². The van der Waals surface area contributed by atoms with Gasteiger partial charge in [-0.15, -0.1) is 0 Å². The van der Waals surface area contributed by atoms with Crippen LogP contribution in [-0.4, -0.2) is 35.9 Å². The lowest BCUT2D eigenvalue weighted by Crippen LogP contribution is -2.53. The van der Waals surface area contributed by atoms with Crippen LogP contribution in [0, 0.1) is 5.92 Å². The Balaban J connectivity index is 1.68. The Hall–Kier alpha value is -3.15. The monoisotopic (exact) mass is 405 g/mol. The molecule has 1 amide bonds. The Morgan fingerprint density at radius 3 is 2.57 bits per heavy atom. The van der Waals surface area contributed by atoms with Crippen molar-refractivity contribution in [3.05, 3.63) is 70.8 Å². The molecule has 1 N–H and O–H groups in total.